The lowest BCUT2D eigenvalue weighted by Gasteiger charge is -2.24. The molecule has 2 heterocycles. The Bertz CT molecular complexity index is 1320. The summed E-state index contributed by atoms with van der Waals surface area (Å²) in [4.78, 5) is 18.9. The minimum Gasteiger partial charge on any atom is -0.497 e. The number of nitriles is 1. The molecular weight excluding hydrogens is 476 g/mol. The Morgan fingerprint density at radius 3 is 2.59 bits per heavy atom. The fourth-order valence-electron chi connectivity index (χ4n) is 3.80. The van der Waals surface area contributed by atoms with E-state index in [-0.39, 0.29) is 28.4 Å². The van der Waals surface area contributed by atoms with Crippen LogP contribution in [0.3, 0.4) is 0 Å². The van der Waals surface area contributed by atoms with Gasteiger partial charge in [-0.3, -0.25) is 4.79 Å². The number of aliphatic imine (C=N–C) groups is 1. The van der Waals surface area contributed by atoms with E-state index in [0.29, 0.717) is 22.4 Å². The number of carbonyl (C=O) groups excluding carboxylic acids is 1. The number of nitrogens with one attached hydrogen (secondary N) is 1. The SMILES string of the molecule is COc1cccc(NC(=O)/C(C#N)=C/N=C2S[C@H]3CS(=O)(=O)C[C@H]3N2c2cccc(OC)c2)c1. The van der Waals surface area contributed by atoms with Gasteiger partial charge < -0.3 is 19.7 Å². The van der Waals surface area contributed by atoms with E-state index in [1.807, 2.05) is 23.1 Å². The molecule has 11 heteroatoms. The molecule has 0 saturated carbocycles. The van der Waals surface area contributed by atoms with Gasteiger partial charge in [0.05, 0.1) is 38.0 Å². The van der Waals surface area contributed by atoms with Crippen molar-refractivity contribution in [1.82, 2.24) is 0 Å². The Kier molecular flexibility index (Phi) is 6.81. The van der Waals surface area contributed by atoms with E-state index in [9.17, 15) is 18.5 Å². The van der Waals surface area contributed by atoms with Gasteiger partial charge in [0.25, 0.3) is 5.91 Å². The van der Waals surface area contributed by atoms with Crippen molar-refractivity contribution in [2.24, 2.45) is 4.99 Å². The number of hydrogen-bond donors (Lipinski definition) is 1. The molecule has 0 unspecified atom stereocenters. The average Bonchev–Trinajstić information content (AvgIpc) is 3.30. The molecule has 1 N–H and O–H groups in total. The van der Waals surface area contributed by atoms with Gasteiger partial charge in [-0.2, -0.15) is 5.26 Å². The summed E-state index contributed by atoms with van der Waals surface area (Å²) in [7, 11) is -0.0926. The second-order valence-corrected chi connectivity index (χ2v) is 11.0. The van der Waals surface area contributed by atoms with E-state index in [0.717, 1.165) is 5.69 Å². The maximum absolute atomic E-state index is 12.6. The molecule has 176 valence electrons. The number of amides is 1. The smallest absolute Gasteiger partial charge is 0.267 e. The largest absolute Gasteiger partial charge is 0.497 e. The molecule has 2 saturated heterocycles. The number of fused-ring (bicyclic) bond motifs is 1. The minimum atomic E-state index is -3.17. The van der Waals surface area contributed by atoms with Gasteiger partial charge in [0.2, 0.25) is 0 Å². The predicted molar refractivity (Wildman–Crippen MR) is 132 cm³/mol. The summed E-state index contributed by atoms with van der Waals surface area (Å²) in [5, 5.41) is 12.5. The average molecular weight is 499 g/mol. The standard InChI is InChI=1S/C23H22N4O5S2/c1-31-18-7-3-5-16(9-18)26-22(28)15(11-24)12-25-23-27(17-6-4-8-19(10-17)32-2)20-13-34(29,30)14-21(20)33-23/h3-10,12,20-21H,13-14H2,1-2H3,(H,26,28)/b15-12+,25-23?/t20-,21+/m1/s1. The zero-order chi connectivity index (χ0) is 24.3. The number of thioether (sulfide) groups is 1. The monoisotopic (exact) mass is 498 g/mol. The number of nitrogens with zero attached hydrogens (tertiary/aromatic N) is 3. The van der Waals surface area contributed by atoms with Crippen LogP contribution < -0.4 is 19.7 Å². The topological polar surface area (TPSA) is 121 Å². The van der Waals surface area contributed by atoms with E-state index in [1.54, 1.807) is 43.5 Å². The van der Waals surface area contributed by atoms with Crippen LogP contribution in [0.2, 0.25) is 0 Å². The highest BCUT2D eigenvalue weighted by Gasteiger charge is 2.49. The Labute approximate surface area is 202 Å². The van der Waals surface area contributed by atoms with Gasteiger partial charge in [-0.1, -0.05) is 23.9 Å². The first-order valence-corrected chi connectivity index (χ1v) is 13.0. The molecule has 4 rings (SSSR count). The van der Waals surface area contributed by atoms with E-state index >= 15 is 0 Å². The normalized spacial score (nSPS) is 22.2. The zero-order valence-corrected chi connectivity index (χ0v) is 20.1. The maximum Gasteiger partial charge on any atom is 0.267 e. The van der Waals surface area contributed by atoms with Crippen LogP contribution in [0.25, 0.3) is 0 Å². The van der Waals surface area contributed by atoms with Gasteiger partial charge in [0.15, 0.2) is 15.0 Å². The molecule has 0 aromatic heterocycles. The molecule has 0 radical (unpaired) electrons. The minimum absolute atomic E-state index is 0.00600. The van der Waals surface area contributed by atoms with E-state index < -0.39 is 15.7 Å². The third-order valence-corrected chi connectivity index (χ3v) is 8.62. The van der Waals surface area contributed by atoms with Crippen LogP contribution in [0.4, 0.5) is 11.4 Å². The third kappa shape index (κ3) is 5.03. The predicted octanol–water partition coefficient (Wildman–Crippen LogP) is 2.82. The van der Waals surface area contributed by atoms with Gasteiger partial charge >= 0.3 is 0 Å². The first kappa shape index (κ1) is 23.7. The maximum atomic E-state index is 12.6. The Morgan fingerprint density at radius 1 is 1.18 bits per heavy atom. The van der Waals surface area contributed by atoms with Crippen molar-refractivity contribution in [2.75, 3.05) is 35.9 Å². The molecule has 2 aliphatic rings. The molecule has 1 amide bonds. The van der Waals surface area contributed by atoms with Crippen molar-refractivity contribution in [2.45, 2.75) is 11.3 Å². The number of ether oxygens (including phenoxy) is 2. The summed E-state index contributed by atoms with van der Waals surface area (Å²) in [5.41, 5.74) is 1.01. The van der Waals surface area contributed by atoms with Crippen LogP contribution >= 0.6 is 11.8 Å². The molecule has 0 aliphatic carbocycles. The van der Waals surface area contributed by atoms with Crippen LogP contribution in [0.1, 0.15) is 0 Å². The van der Waals surface area contributed by atoms with Crippen LogP contribution in [0, 0.1) is 11.3 Å². The van der Waals surface area contributed by atoms with Crippen molar-refractivity contribution in [3.8, 4) is 17.6 Å². The first-order chi connectivity index (χ1) is 16.3. The lowest BCUT2D eigenvalue weighted by molar-refractivity contribution is -0.112. The van der Waals surface area contributed by atoms with E-state index in [4.69, 9.17) is 9.47 Å². The fourth-order valence-corrected chi connectivity index (χ4v) is 7.69. The third-order valence-electron chi connectivity index (χ3n) is 5.39. The number of anilines is 2. The van der Waals surface area contributed by atoms with Crippen molar-refractivity contribution in [3.05, 3.63) is 60.3 Å². The van der Waals surface area contributed by atoms with Gasteiger partial charge in [0.1, 0.15) is 23.1 Å². The summed E-state index contributed by atoms with van der Waals surface area (Å²) in [6.45, 7) is 0. The summed E-state index contributed by atoms with van der Waals surface area (Å²) >= 11 is 1.33. The van der Waals surface area contributed by atoms with Crippen LogP contribution in [-0.2, 0) is 14.6 Å². The van der Waals surface area contributed by atoms with Crippen molar-refractivity contribution in [3.63, 3.8) is 0 Å². The number of methoxy groups -OCH3 is 2. The Morgan fingerprint density at radius 2 is 1.88 bits per heavy atom. The molecule has 2 aromatic rings. The molecule has 0 spiro atoms. The molecule has 2 aromatic carbocycles. The van der Waals surface area contributed by atoms with Crippen molar-refractivity contribution < 1.29 is 22.7 Å². The second-order valence-electron chi connectivity index (χ2n) is 7.62. The van der Waals surface area contributed by atoms with Gasteiger partial charge in [-0.05, 0) is 24.3 Å². The molecule has 9 nitrogen and oxygen atoms in total. The number of rotatable bonds is 6. The quantitative estimate of drug-likeness (QED) is 0.477. The fraction of sp³-hybridized carbons (Fsp3) is 0.261. The van der Waals surface area contributed by atoms with Gasteiger partial charge in [-0.25, -0.2) is 13.4 Å². The van der Waals surface area contributed by atoms with E-state index in [1.165, 1.54) is 25.1 Å². The summed E-state index contributed by atoms with van der Waals surface area (Å²) < 4.78 is 35.0. The number of hydrogen-bond acceptors (Lipinski definition) is 8. The summed E-state index contributed by atoms with van der Waals surface area (Å²) in [6, 6.07) is 15.6. The Balaban J connectivity index is 1.63. The summed E-state index contributed by atoms with van der Waals surface area (Å²) in [6.07, 6.45) is 1.21. The van der Waals surface area contributed by atoms with Crippen molar-refractivity contribution in [1.29, 1.82) is 5.26 Å². The molecular formula is C23H22N4O5S2. The number of sulfone groups is 1. The number of carbonyl (C=O) groups is 1. The van der Waals surface area contributed by atoms with Gasteiger partial charge in [0, 0.05) is 28.8 Å². The van der Waals surface area contributed by atoms with E-state index in [2.05, 4.69) is 10.3 Å². The zero-order valence-electron chi connectivity index (χ0n) is 18.5. The van der Waals surface area contributed by atoms with Crippen LogP contribution in [-0.4, -0.2) is 56.5 Å². The first-order valence-electron chi connectivity index (χ1n) is 10.3. The highest BCUT2D eigenvalue weighted by molar-refractivity contribution is 8.16. The van der Waals surface area contributed by atoms with Crippen LogP contribution in [0.5, 0.6) is 11.5 Å². The summed E-state index contributed by atoms with van der Waals surface area (Å²) in [5.74, 6) is 0.633. The highest BCUT2D eigenvalue weighted by atomic mass is 32.2. The Hall–Kier alpha value is -3.49. The lowest BCUT2D eigenvalue weighted by Crippen LogP contribution is -2.37. The van der Waals surface area contributed by atoms with Gasteiger partial charge in [-0.15, -0.1) is 0 Å². The molecule has 2 atom stereocenters. The highest BCUT2D eigenvalue weighted by Crippen LogP contribution is 2.41. The number of benzene rings is 2. The molecule has 2 aliphatic heterocycles. The lowest BCUT2D eigenvalue weighted by atomic mass is 10.2. The van der Waals surface area contributed by atoms with Crippen molar-refractivity contribution >= 4 is 44.0 Å². The van der Waals surface area contributed by atoms with Crippen LogP contribution in [0.15, 0.2) is 65.3 Å². The molecule has 0 bridgehead atoms. The number of amidine groups is 1. The molecule has 2 fully saturated rings. The molecule has 34 heavy (non-hydrogen) atoms. The second kappa shape index (κ2) is 9.79.